The second-order valence-corrected chi connectivity index (χ2v) is 8.91. The van der Waals surface area contributed by atoms with E-state index in [4.69, 9.17) is 4.18 Å². The van der Waals surface area contributed by atoms with Crippen LogP contribution in [0.5, 0.6) is 0 Å². The standard InChI is InChI=1S/C22H28O3S/c1-18-12-14-21(15-13-18)26(23,24)25-17-16-22(19-8-4-2-5-9-19)20-10-6-3-7-11-20/h2,4-5,8-9,12-15,20,22H,3,6-7,10-11,16-17H2,1H3. The highest BCUT2D eigenvalue weighted by Crippen LogP contribution is 2.38. The van der Waals surface area contributed by atoms with Crippen LogP contribution in [0, 0.1) is 12.8 Å². The molecule has 0 radical (unpaired) electrons. The molecule has 0 heterocycles. The molecule has 140 valence electrons. The van der Waals surface area contributed by atoms with E-state index in [0.29, 0.717) is 11.8 Å². The SMILES string of the molecule is Cc1ccc(S(=O)(=O)OCCC(c2ccccc2)C2CCCCC2)cc1. The van der Waals surface area contributed by atoms with Crippen LogP contribution in [0.15, 0.2) is 59.5 Å². The maximum absolute atomic E-state index is 12.4. The average Bonchev–Trinajstić information content (AvgIpc) is 2.67. The van der Waals surface area contributed by atoms with Crippen molar-refractivity contribution in [3.05, 3.63) is 65.7 Å². The Morgan fingerprint density at radius 1 is 0.962 bits per heavy atom. The van der Waals surface area contributed by atoms with E-state index >= 15 is 0 Å². The van der Waals surface area contributed by atoms with Crippen LogP contribution in [0.2, 0.25) is 0 Å². The normalized spacial score (nSPS) is 17.1. The minimum atomic E-state index is -3.69. The average molecular weight is 373 g/mol. The zero-order valence-electron chi connectivity index (χ0n) is 15.4. The van der Waals surface area contributed by atoms with E-state index in [1.807, 2.05) is 13.0 Å². The third kappa shape index (κ3) is 4.95. The first-order chi connectivity index (χ1) is 12.6. The number of rotatable bonds is 7. The first-order valence-electron chi connectivity index (χ1n) is 9.57. The third-order valence-corrected chi connectivity index (χ3v) is 6.75. The highest BCUT2D eigenvalue weighted by molar-refractivity contribution is 7.86. The molecule has 26 heavy (non-hydrogen) atoms. The molecule has 0 saturated heterocycles. The summed E-state index contributed by atoms with van der Waals surface area (Å²) in [6.45, 7) is 2.16. The van der Waals surface area contributed by atoms with E-state index in [1.165, 1.54) is 37.7 Å². The zero-order valence-corrected chi connectivity index (χ0v) is 16.3. The van der Waals surface area contributed by atoms with E-state index in [9.17, 15) is 8.42 Å². The second-order valence-electron chi connectivity index (χ2n) is 7.29. The highest BCUT2D eigenvalue weighted by Gasteiger charge is 2.26. The summed E-state index contributed by atoms with van der Waals surface area (Å²) < 4.78 is 30.2. The van der Waals surface area contributed by atoms with Gasteiger partial charge in [-0.15, -0.1) is 0 Å². The van der Waals surface area contributed by atoms with Crippen molar-refractivity contribution >= 4 is 10.1 Å². The quantitative estimate of drug-likeness (QED) is 0.607. The molecule has 1 aliphatic carbocycles. The van der Waals surface area contributed by atoms with Crippen LogP contribution < -0.4 is 0 Å². The van der Waals surface area contributed by atoms with Gasteiger partial charge in [0, 0.05) is 0 Å². The molecule has 2 aromatic rings. The Bertz CT molecular complexity index is 776. The van der Waals surface area contributed by atoms with Crippen LogP contribution in [-0.2, 0) is 14.3 Å². The molecule has 3 rings (SSSR count). The molecule has 3 nitrogen and oxygen atoms in total. The first-order valence-corrected chi connectivity index (χ1v) is 11.0. The molecule has 0 spiro atoms. The van der Waals surface area contributed by atoms with Crippen molar-refractivity contribution < 1.29 is 12.6 Å². The van der Waals surface area contributed by atoms with Gasteiger partial charge in [-0.3, -0.25) is 4.18 Å². The minimum absolute atomic E-state index is 0.228. The van der Waals surface area contributed by atoms with Crippen molar-refractivity contribution in [3.8, 4) is 0 Å². The Labute approximate surface area is 157 Å². The van der Waals surface area contributed by atoms with E-state index in [1.54, 1.807) is 24.3 Å². The lowest BCUT2D eigenvalue weighted by Gasteiger charge is -2.30. The molecule has 1 unspecified atom stereocenters. The van der Waals surface area contributed by atoms with E-state index < -0.39 is 10.1 Å². The van der Waals surface area contributed by atoms with Crippen LogP contribution >= 0.6 is 0 Å². The van der Waals surface area contributed by atoms with Crippen molar-refractivity contribution in [2.75, 3.05) is 6.61 Å². The van der Waals surface area contributed by atoms with Gasteiger partial charge in [-0.25, -0.2) is 0 Å². The monoisotopic (exact) mass is 372 g/mol. The summed E-state index contributed by atoms with van der Waals surface area (Å²) >= 11 is 0. The first kappa shape index (κ1) is 19.1. The summed E-state index contributed by atoms with van der Waals surface area (Å²) in [7, 11) is -3.69. The van der Waals surface area contributed by atoms with Gasteiger partial charge in [0.25, 0.3) is 10.1 Å². The third-order valence-electron chi connectivity index (χ3n) is 5.42. The maximum Gasteiger partial charge on any atom is 0.296 e. The predicted octanol–water partition coefficient (Wildman–Crippen LogP) is 5.45. The van der Waals surface area contributed by atoms with Crippen molar-refractivity contribution in [2.24, 2.45) is 5.92 Å². The molecule has 2 aromatic carbocycles. The predicted molar refractivity (Wildman–Crippen MR) is 105 cm³/mol. The number of benzene rings is 2. The Morgan fingerprint density at radius 3 is 2.27 bits per heavy atom. The lowest BCUT2D eigenvalue weighted by atomic mass is 9.75. The van der Waals surface area contributed by atoms with Crippen molar-refractivity contribution in [3.63, 3.8) is 0 Å². The zero-order chi connectivity index (χ0) is 18.4. The van der Waals surface area contributed by atoms with Crippen molar-refractivity contribution in [1.29, 1.82) is 0 Å². The fourth-order valence-corrected chi connectivity index (χ4v) is 4.89. The van der Waals surface area contributed by atoms with Crippen LogP contribution in [-0.4, -0.2) is 15.0 Å². The minimum Gasteiger partial charge on any atom is -0.266 e. The van der Waals surface area contributed by atoms with Gasteiger partial charge in [-0.1, -0.05) is 67.3 Å². The summed E-state index contributed by atoms with van der Waals surface area (Å²) in [5.41, 5.74) is 2.33. The highest BCUT2D eigenvalue weighted by atomic mass is 32.2. The maximum atomic E-state index is 12.4. The van der Waals surface area contributed by atoms with E-state index in [0.717, 1.165) is 12.0 Å². The smallest absolute Gasteiger partial charge is 0.266 e. The van der Waals surface area contributed by atoms with Crippen LogP contribution in [0.25, 0.3) is 0 Å². The molecule has 1 fully saturated rings. The number of aryl methyl sites for hydroxylation is 1. The number of hydrogen-bond acceptors (Lipinski definition) is 3. The molecule has 1 saturated carbocycles. The summed E-state index contributed by atoms with van der Waals surface area (Å²) in [5.74, 6) is 0.988. The molecule has 1 aliphatic rings. The van der Waals surface area contributed by atoms with Crippen molar-refractivity contribution in [1.82, 2.24) is 0 Å². The van der Waals surface area contributed by atoms with Gasteiger partial charge < -0.3 is 0 Å². The van der Waals surface area contributed by atoms with Gasteiger partial charge >= 0.3 is 0 Å². The molecular formula is C22H28O3S. The fraction of sp³-hybridized carbons (Fsp3) is 0.455. The lowest BCUT2D eigenvalue weighted by molar-refractivity contribution is 0.245. The van der Waals surface area contributed by atoms with Gasteiger partial charge in [0.15, 0.2) is 0 Å². The van der Waals surface area contributed by atoms with Gasteiger partial charge in [0.2, 0.25) is 0 Å². The van der Waals surface area contributed by atoms with E-state index in [-0.39, 0.29) is 11.5 Å². The van der Waals surface area contributed by atoms with Crippen LogP contribution in [0.4, 0.5) is 0 Å². The molecule has 0 bridgehead atoms. The topological polar surface area (TPSA) is 43.4 Å². The summed E-state index contributed by atoms with van der Waals surface area (Å²) in [6, 6.07) is 17.3. The Balaban J connectivity index is 1.66. The van der Waals surface area contributed by atoms with Gasteiger partial charge in [0.05, 0.1) is 11.5 Å². The van der Waals surface area contributed by atoms with Gasteiger partial charge in [0.1, 0.15) is 0 Å². The van der Waals surface area contributed by atoms with E-state index in [2.05, 4.69) is 24.3 Å². The van der Waals surface area contributed by atoms with Gasteiger partial charge in [-0.2, -0.15) is 8.42 Å². The molecule has 0 N–H and O–H groups in total. The summed E-state index contributed by atoms with van der Waals surface area (Å²) in [5, 5.41) is 0. The van der Waals surface area contributed by atoms with Gasteiger partial charge in [-0.05, 0) is 55.7 Å². The Kier molecular flexibility index (Phi) is 6.49. The second kappa shape index (κ2) is 8.83. The number of hydrogen-bond donors (Lipinski definition) is 0. The molecule has 0 aliphatic heterocycles. The molecule has 4 heteroatoms. The largest absolute Gasteiger partial charge is 0.296 e. The Morgan fingerprint density at radius 2 is 1.62 bits per heavy atom. The summed E-state index contributed by atoms with van der Waals surface area (Å²) in [6.07, 6.45) is 7.05. The van der Waals surface area contributed by atoms with Crippen LogP contribution in [0.3, 0.4) is 0 Å². The molecule has 0 aromatic heterocycles. The summed E-state index contributed by atoms with van der Waals surface area (Å²) in [4.78, 5) is 0.233. The fourth-order valence-electron chi connectivity index (χ4n) is 3.97. The van der Waals surface area contributed by atoms with Crippen LogP contribution in [0.1, 0.15) is 55.6 Å². The Hall–Kier alpha value is -1.65. The molecule has 0 amide bonds. The molecule has 1 atom stereocenters. The molecular weight excluding hydrogens is 344 g/mol. The lowest BCUT2D eigenvalue weighted by Crippen LogP contribution is -2.19. The van der Waals surface area contributed by atoms with Crippen molar-refractivity contribution in [2.45, 2.75) is 56.3 Å².